The quantitative estimate of drug-likeness (QED) is 0.700. The van der Waals surface area contributed by atoms with Crippen LogP contribution in [0.2, 0.25) is 0 Å². The van der Waals surface area contributed by atoms with Crippen LogP contribution in [0.1, 0.15) is 65.2 Å². The number of rotatable bonds is 2. The molecule has 0 bridgehead atoms. The van der Waals surface area contributed by atoms with Gasteiger partial charge in [-0.2, -0.15) is 0 Å². The first-order chi connectivity index (χ1) is 8.65. The normalized spacial score (nSPS) is 43.2. The Bertz CT molecular complexity index is 237. The summed E-state index contributed by atoms with van der Waals surface area (Å²) in [5.41, 5.74) is 0. The molecule has 4 atom stereocenters. The van der Waals surface area contributed by atoms with Crippen LogP contribution in [0.5, 0.6) is 0 Å². The van der Waals surface area contributed by atoms with E-state index in [1.807, 2.05) is 0 Å². The maximum Gasteiger partial charge on any atom is 0.0703 e. The first-order valence-electron chi connectivity index (χ1n) is 7.60. The van der Waals surface area contributed by atoms with Crippen LogP contribution in [0.4, 0.5) is 0 Å². The van der Waals surface area contributed by atoms with Crippen molar-refractivity contribution in [2.75, 3.05) is 0 Å². The Kier molecular flexibility index (Phi) is 5.96. The van der Waals surface area contributed by atoms with Crippen LogP contribution in [-0.4, -0.2) is 29.2 Å². The van der Waals surface area contributed by atoms with E-state index in [0.717, 1.165) is 12.8 Å². The highest BCUT2D eigenvalue weighted by molar-refractivity contribution is 9.09. The SMILES string of the molecule is CC1CC(OC2CCCCCCC2Br)CC(C)O1. The molecule has 106 valence electrons. The Balaban J connectivity index is 1.85. The van der Waals surface area contributed by atoms with E-state index < -0.39 is 0 Å². The maximum absolute atomic E-state index is 6.39. The first-order valence-corrected chi connectivity index (χ1v) is 8.51. The van der Waals surface area contributed by atoms with E-state index >= 15 is 0 Å². The van der Waals surface area contributed by atoms with Crippen molar-refractivity contribution < 1.29 is 9.47 Å². The third kappa shape index (κ3) is 4.50. The van der Waals surface area contributed by atoms with Gasteiger partial charge in [-0.15, -0.1) is 0 Å². The highest BCUT2D eigenvalue weighted by atomic mass is 79.9. The van der Waals surface area contributed by atoms with Gasteiger partial charge in [0.15, 0.2) is 0 Å². The average molecular weight is 319 g/mol. The van der Waals surface area contributed by atoms with Crippen LogP contribution >= 0.6 is 15.9 Å². The third-order valence-electron chi connectivity index (χ3n) is 4.14. The molecule has 1 aliphatic heterocycles. The van der Waals surface area contributed by atoms with Gasteiger partial charge in [0.05, 0.1) is 24.4 Å². The predicted molar refractivity (Wildman–Crippen MR) is 78.3 cm³/mol. The summed E-state index contributed by atoms with van der Waals surface area (Å²) < 4.78 is 12.2. The van der Waals surface area contributed by atoms with Crippen molar-refractivity contribution in [1.29, 1.82) is 0 Å². The molecular formula is C15H27BrO2. The minimum absolute atomic E-state index is 0.348. The molecule has 2 rings (SSSR count). The molecular weight excluding hydrogens is 292 g/mol. The zero-order valence-electron chi connectivity index (χ0n) is 11.7. The van der Waals surface area contributed by atoms with Crippen molar-refractivity contribution in [2.45, 2.75) is 94.5 Å². The number of alkyl halides is 1. The molecule has 0 aromatic heterocycles. The topological polar surface area (TPSA) is 18.5 Å². The zero-order chi connectivity index (χ0) is 13.0. The summed E-state index contributed by atoms with van der Waals surface area (Å²) in [6, 6.07) is 0. The molecule has 2 aliphatic rings. The van der Waals surface area contributed by atoms with E-state index in [1.54, 1.807) is 0 Å². The van der Waals surface area contributed by atoms with Crippen LogP contribution in [0.15, 0.2) is 0 Å². The fraction of sp³-hybridized carbons (Fsp3) is 1.00. The summed E-state index contributed by atoms with van der Waals surface area (Å²) in [6.45, 7) is 4.32. The molecule has 4 unspecified atom stereocenters. The van der Waals surface area contributed by atoms with Crippen LogP contribution in [0, 0.1) is 0 Å². The number of ether oxygens (including phenoxy) is 2. The van der Waals surface area contributed by atoms with Gasteiger partial charge in [0.25, 0.3) is 0 Å². The molecule has 1 aliphatic carbocycles. The fourth-order valence-corrected chi connectivity index (χ4v) is 3.97. The molecule has 0 radical (unpaired) electrons. The van der Waals surface area contributed by atoms with E-state index in [4.69, 9.17) is 9.47 Å². The molecule has 0 aromatic carbocycles. The predicted octanol–water partition coefficient (Wildman–Crippen LogP) is 4.45. The van der Waals surface area contributed by atoms with E-state index in [1.165, 1.54) is 38.5 Å². The largest absolute Gasteiger partial charge is 0.375 e. The highest BCUT2D eigenvalue weighted by Gasteiger charge is 2.29. The van der Waals surface area contributed by atoms with Gasteiger partial charge >= 0.3 is 0 Å². The lowest BCUT2D eigenvalue weighted by Gasteiger charge is -2.36. The van der Waals surface area contributed by atoms with E-state index in [2.05, 4.69) is 29.8 Å². The second kappa shape index (κ2) is 7.25. The molecule has 3 heteroatoms. The van der Waals surface area contributed by atoms with Crippen molar-refractivity contribution in [3.63, 3.8) is 0 Å². The van der Waals surface area contributed by atoms with Gasteiger partial charge in [-0.1, -0.05) is 41.6 Å². The van der Waals surface area contributed by atoms with Crippen molar-refractivity contribution in [3.05, 3.63) is 0 Å². The lowest BCUT2D eigenvalue weighted by Crippen LogP contribution is -2.38. The van der Waals surface area contributed by atoms with E-state index in [-0.39, 0.29) is 0 Å². The van der Waals surface area contributed by atoms with Gasteiger partial charge in [-0.25, -0.2) is 0 Å². The molecule has 1 saturated heterocycles. The van der Waals surface area contributed by atoms with Crippen LogP contribution in [0.25, 0.3) is 0 Å². The Labute approximate surface area is 120 Å². The summed E-state index contributed by atoms with van der Waals surface area (Å²) in [5.74, 6) is 0. The second-order valence-corrected chi connectivity index (χ2v) is 7.21. The first kappa shape index (κ1) is 14.8. The Morgan fingerprint density at radius 1 is 0.944 bits per heavy atom. The van der Waals surface area contributed by atoms with Gasteiger partial charge in [-0.3, -0.25) is 0 Å². The third-order valence-corrected chi connectivity index (χ3v) is 5.19. The van der Waals surface area contributed by atoms with Crippen LogP contribution in [0.3, 0.4) is 0 Å². The van der Waals surface area contributed by atoms with Gasteiger partial charge in [0.2, 0.25) is 0 Å². The molecule has 0 N–H and O–H groups in total. The molecule has 0 amide bonds. The molecule has 1 saturated carbocycles. The summed E-state index contributed by atoms with van der Waals surface area (Å²) in [6.07, 6.45) is 11.5. The van der Waals surface area contributed by atoms with Crippen molar-refractivity contribution in [3.8, 4) is 0 Å². The Hall–Kier alpha value is 0.400. The van der Waals surface area contributed by atoms with E-state index in [0.29, 0.717) is 29.2 Å². The highest BCUT2D eigenvalue weighted by Crippen LogP contribution is 2.30. The van der Waals surface area contributed by atoms with Crippen LogP contribution in [-0.2, 0) is 9.47 Å². The second-order valence-electron chi connectivity index (χ2n) is 6.03. The van der Waals surface area contributed by atoms with Gasteiger partial charge in [0.1, 0.15) is 0 Å². The van der Waals surface area contributed by atoms with Crippen molar-refractivity contribution >= 4 is 15.9 Å². The number of hydrogen-bond donors (Lipinski definition) is 0. The minimum atomic E-state index is 0.348. The Morgan fingerprint density at radius 2 is 1.56 bits per heavy atom. The van der Waals surface area contributed by atoms with Crippen molar-refractivity contribution in [1.82, 2.24) is 0 Å². The average Bonchev–Trinajstić information content (AvgIpc) is 2.28. The van der Waals surface area contributed by atoms with Crippen molar-refractivity contribution in [2.24, 2.45) is 0 Å². The van der Waals surface area contributed by atoms with Gasteiger partial charge in [-0.05, 0) is 39.5 Å². The lowest BCUT2D eigenvalue weighted by molar-refractivity contribution is -0.123. The van der Waals surface area contributed by atoms with E-state index in [9.17, 15) is 0 Å². The molecule has 0 spiro atoms. The monoisotopic (exact) mass is 318 g/mol. The Morgan fingerprint density at radius 3 is 2.22 bits per heavy atom. The van der Waals surface area contributed by atoms with Crippen LogP contribution < -0.4 is 0 Å². The summed E-state index contributed by atoms with van der Waals surface area (Å²) in [5, 5.41) is 0. The van der Waals surface area contributed by atoms with Gasteiger partial charge < -0.3 is 9.47 Å². The summed E-state index contributed by atoms with van der Waals surface area (Å²) in [4.78, 5) is 0.547. The molecule has 18 heavy (non-hydrogen) atoms. The minimum Gasteiger partial charge on any atom is -0.375 e. The number of hydrogen-bond acceptors (Lipinski definition) is 2. The molecule has 2 fully saturated rings. The van der Waals surface area contributed by atoms with Gasteiger partial charge in [0, 0.05) is 4.83 Å². The number of halogens is 1. The maximum atomic E-state index is 6.39. The molecule has 0 aromatic rings. The molecule has 2 nitrogen and oxygen atoms in total. The molecule has 1 heterocycles. The summed E-state index contributed by atoms with van der Waals surface area (Å²) >= 11 is 3.84. The summed E-state index contributed by atoms with van der Waals surface area (Å²) in [7, 11) is 0. The zero-order valence-corrected chi connectivity index (χ0v) is 13.3. The fourth-order valence-electron chi connectivity index (χ4n) is 3.26. The standard InChI is InChI=1S/C15H27BrO2/c1-11-9-13(10-12(2)17-11)18-15-8-6-4-3-5-7-14(15)16/h11-15H,3-10H2,1-2H3. The smallest absolute Gasteiger partial charge is 0.0703 e. The lowest BCUT2D eigenvalue weighted by atomic mass is 9.97.